The minimum Gasteiger partial charge on any atom is -0.207 e. The van der Waals surface area contributed by atoms with Gasteiger partial charge in [-0.15, -0.1) is 0 Å². The van der Waals surface area contributed by atoms with E-state index >= 15 is 0 Å². The van der Waals surface area contributed by atoms with Crippen LogP contribution in [0.15, 0.2) is 53.4 Å². The summed E-state index contributed by atoms with van der Waals surface area (Å²) in [5, 5.41) is 0. The van der Waals surface area contributed by atoms with Crippen molar-refractivity contribution in [2.75, 3.05) is 0 Å². The van der Waals surface area contributed by atoms with Crippen molar-refractivity contribution in [1.29, 1.82) is 0 Å². The lowest BCUT2D eigenvalue weighted by molar-refractivity contribution is 0.609. The molecule has 0 fully saturated rings. The van der Waals surface area contributed by atoms with E-state index in [4.69, 9.17) is 10.7 Å². The van der Waals surface area contributed by atoms with Crippen LogP contribution in [0.5, 0.6) is 0 Å². The summed E-state index contributed by atoms with van der Waals surface area (Å²) in [6.45, 7) is 0. The van der Waals surface area contributed by atoms with Gasteiger partial charge in [-0.25, -0.2) is 12.8 Å². The average Bonchev–Trinajstić information content (AvgIpc) is 2.28. The molecular formula is C12H8ClFO2S. The number of hydrogen-bond donors (Lipinski definition) is 0. The molecule has 0 bridgehead atoms. The van der Waals surface area contributed by atoms with Crippen LogP contribution in [0.25, 0.3) is 11.1 Å². The Kier molecular flexibility index (Phi) is 3.17. The largest absolute Gasteiger partial charge is 0.261 e. The van der Waals surface area contributed by atoms with Gasteiger partial charge < -0.3 is 0 Å². The molecule has 17 heavy (non-hydrogen) atoms. The van der Waals surface area contributed by atoms with Gasteiger partial charge in [0.15, 0.2) is 0 Å². The molecule has 2 rings (SSSR count). The lowest BCUT2D eigenvalue weighted by Crippen LogP contribution is -1.94. The Bertz CT molecular complexity index is 653. The van der Waals surface area contributed by atoms with E-state index in [0.29, 0.717) is 11.1 Å². The molecule has 0 atom stereocenters. The first-order chi connectivity index (χ1) is 7.98. The molecule has 0 N–H and O–H groups in total. The number of hydrogen-bond acceptors (Lipinski definition) is 2. The fourth-order valence-electron chi connectivity index (χ4n) is 1.57. The van der Waals surface area contributed by atoms with Gasteiger partial charge >= 0.3 is 0 Å². The number of halogens is 2. The van der Waals surface area contributed by atoms with E-state index in [2.05, 4.69) is 0 Å². The van der Waals surface area contributed by atoms with Crippen LogP contribution < -0.4 is 0 Å². The summed E-state index contributed by atoms with van der Waals surface area (Å²) in [4.78, 5) is -0.0210. The van der Waals surface area contributed by atoms with Crippen molar-refractivity contribution in [2.24, 2.45) is 0 Å². The summed E-state index contributed by atoms with van der Waals surface area (Å²) < 4.78 is 35.9. The minimum absolute atomic E-state index is 0.0210. The number of benzene rings is 2. The van der Waals surface area contributed by atoms with Gasteiger partial charge in [0.1, 0.15) is 5.82 Å². The van der Waals surface area contributed by atoms with E-state index < -0.39 is 14.9 Å². The SMILES string of the molecule is O=S(=O)(Cl)c1ccccc1-c1cccc(F)c1. The molecule has 2 aromatic carbocycles. The van der Waals surface area contributed by atoms with Crippen molar-refractivity contribution < 1.29 is 12.8 Å². The summed E-state index contributed by atoms with van der Waals surface area (Å²) in [5.74, 6) is -0.427. The molecule has 0 aliphatic carbocycles. The molecule has 5 heteroatoms. The van der Waals surface area contributed by atoms with Gasteiger partial charge in [0.2, 0.25) is 0 Å². The summed E-state index contributed by atoms with van der Waals surface area (Å²) in [6, 6.07) is 11.9. The first kappa shape index (κ1) is 12.1. The highest BCUT2D eigenvalue weighted by Crippen LogP contribution is 2.29. The third kappa shape index (κ3) is 2.65. The Labute approximate surface area is 103 Å². The van der Waals surface area contributed by atoms with E-state index in [0.717, 1.165) is 0 Å². The Morgan fingerprint density at radius 3 is 2.35 bits per heavy atom. The lowest BCUT2D eigenvalue weighted by atomic mass is 10.1. The molecule has 0 saturated carbocycles. The zero-order chi connectivity index (χ0) is 12.5. The van der Waals surface area contributed by atoms with Crippen LogP contribution in [0.1, 0.15) is 0 Å². The minimum atomic E-state index is -3.84. The summed E-state index contributed by atoms with van der Waals surface area (Å²) >= 11 is 0. The molecule has 0 unspecified atom stereocenters. The Morgan fingerprint density at radius 2 is 1.71 bits per heavy atom. The molecule has 0 spiro atoms. The molecule has 0 saturated heterocycles. The molecule has 0 aromatic heterocycles. The zero-order valence-corrected chi connectivity index (χ0v) is 10.2. The van der Waals surface area contributed by atoms with Crippen molar-refractivity contribution in [3.63, 3.8) is 0 Å². The fraction of sp³-hybridized carbons (Fsp3) is 0. The Balaban J connectivity index is 2.69. The van der Waals surface area contributed by atoms with E-state index in [1.165, 1.54) is 24.3 Å². The average molecular weight is 271 g/mol. The highest BCUT2D eigenvalue weighted by molar-refractivity contribution is 8.13. The van der Waals surface area contributed by atoms with Crippen LogP contribution in [-0.2, 0) is 9.05 Å². The second kappa shape index (κ2) is 4.47. The number of rotatable bonds is 2. The fourth-order valence-corrected chi connectivity index (χ4v) is 2.67. The standard InChI is InChI=1S/C12H8ClFO2S/c13-17(15,16)12-7-2-1-6-11(12)9-4-3-5-10(14)8-9/h1-8H. The highest BCUT2D eigenvalue weighted by atomic mass is 35.7. The van der Waals surface area contributed by atoms with Gasteiger partial charge in [-0.05, 0) is 23.8 Å². The van der Waals surface area contributed by atoms with E-state index in [9.17, 15) is 12.8 Å². The summed E-state index contributed by atoms with van der Waals surface area (Å²) in [7, 11) is 1.49. The first-order valence-electron chi connectivity index (χ1n) is 4.78. The molecule has 0 heterocycles. The monoisotopic (exact) mass is 270 g/mol. The summed E-state index contributed by atoms with van der Waals surface area (Å²) in [6.07, 6.45) is 0. The van der Waals surface area contributed by atoms with Gasteiger partial charge in [-0.3, -0.25) is 0 Å². The van der Waals surface area contributed by atoms with E-state index in [1.807, 2.05) is 0 Å². The first-order valence-corrected chi connectivity index (χ1v) is 7.09. The van der Waals surface area contributed by atoms with Crippen LogP contribution >= 0.6 is 10.7 Å². The molecular weight excluding hydrogens is 263 g/mol. The third-order valence-electron chi connectivity index (χ3n) is 2.29. The quantitative estimate of drug-likeness (QED) is 0.784. The second-order valence-electron chi connectivity index (χ2n) is 3.44. The summed E-state index contributed by atoms with van der Waals surface area (Å²) in [5.41, 5.74) is 0.867. The normalized spacial score (nSPS) is 11.4. The lowest BCUT2D eigenvalue weighted by Gasteiger charge is -2.06. The maximum atomic E-state index is 13.1. The van der Waals surface area contributed by atoms with Gasteiger partial charge in [-0.2, -0.15) is 0 Å². The van der Waals surface area contributed by atoms with Gasteiger partial charge in [-0.1, -0.05) is 30.3 Å². The van der Waals surface area contributed by atoms with Crippen LogP contribution in [0.3, 0.4) is 0 Å². The molecule has 0 aliphatic rings. The van der Waals surface area contributed by atoms with Crippen molar-refractivity contribution in [2.45, 2.75) is 4.90 Å². The van der Waals surface area contributed by atoms with Gasteiger partial charge in [0.05, 0.1) is 4.90 Å². The smallest absolute Gasteiger partial charge is 0.207 e. The Hall–Kier alpha value is -1.39. The Morgan fingerprint density at radius 1 is 1.00 bits per heavy atom. The molecule has 0 amide bonds. The van der Waals surface area contributed by atoms with Crippen molar-refractivity contribution in [3.8, 4) is 11.1 Å². The van der Waals surface area contributed by atoms with Crippen molar-refractivity contribution in [1.82, 2.24) is 0 Å². The molecule has 0 aliphatic heterocycles. The predicted octanol–water partition coefficient (Wildman–Crippen LogP) is 3.42. The maximum absolute atomic E-state index is 13.1. The maximum Gasteiger partial charge on any atom is 0.261 e. The molecule has 2 aromatic rings. The van der Waals surface area contributed by atoms with E-state index in [-0.39, 0.29) is 4.90 Å². The van der Waals surface area contributed by atoms with Gasteiger partial charge in [0.25, 0.3) is 9.05 Å². The van der Waals surface area contributed by atoms with Crippen LogP contribution in [-0.4, -0.2) is 8.42 Å². The van der Waals surface area contributed by atoms with E-state index in [1.54, 1.807) is 24.3 Å². The van der Waals surface area contributed by atoms with Crippen molar-refractivity contribution >= 4 is 19.7 Å². The second-order valence-corrected chi connectivity index (χ2v) is 5.98. The molecule has 88 valence electrons. The van der Waals surface area contributed by atoms with Crippen LogP contribution in [0.4, 0.5) is 4.39 Å². The van der Waals surface area contributed by atoms with Gasteiger partial charge in [0, 0.05) is 16.2 Å². The third-order valence-corrected chi connectivity index (χ3v) is 3.67. The highest BCUT2D eigenvalue weighted by Gasteiger charge is 2.16. The topological polar surface area (TPSA) is 34.1 Å². The molecule has 2 nitrogen and oxygen atoms in total. The molecule has 0 radical (unpaired) electrons. The zero-order valence-electron chi connectivity index (χ0n) is 8.60. The van der Waals surface area contributed by atoms with Crippen LogP contribution in [0, 0.1) is 5.82 Å². The van der Waals surface area contributed by atoms with Crippen LogP contribution in [0.2, 0.25) is 0 Å². The van der Waals surface area contributed by atoms with Crippen molar-refractivity contribution in [3.05, 3.63) is 54.3 Å². The predicted molar refractivity (Wildman–Crippen MR) is 64.9 cm³/mol.